The Labute approximate surface area is 162 Å². The topological polar surface area (TPSA) is 84.8 Å². The molecule has 2 aromatic rings. The maximum absolute atomic E-state index is 5.99. The highest BCUT2D eigenvalue weighted by Gasteiger charge is 2.38. The number of ether oxygens (including phenoxy) is 5. The maximum Gasteiger partial charge on any atom is 0.329 e. The van der Waals surface area contributed by atoms with E-state index in [0.29, 0.717) is 12.4 Å². The minimum atomic E-state index is -1.07. The molecule has 0 bridgehead atoms. The minimum Gasteiger partial charge on any atom is -0.460 e. The molecular formula is C18H22ClN3O5. The Morgan fingerprint density at radius 2 is 1.81 bits per heavy atom. The van der Waals surface area contributed by atoms with E-state index in [-0.39, 0.29) is 30.0 Å². The van der Waals surface area contributed by atoms with Gasteiger partial charge in [0.25, 0.3) is 5.97 Å². The fourth-order valence-electron chi connectivity index (χ4n) is 2.82. The van der Waals surface area contributed by atoms with Crippen molar-refractivity contribution in [3.8, 4) is 17.8 Å². The van der Waals surface area contributed by atoms with Gasteiger partial charge in [-0.05, 0) is 43.5 Å². The van der Waals surface area contributed by atoms with Crippen LogP contribution in [0.5, 0.6) is 17.8 Å². The van der Waals surface area contributed by atoms with Gasteiger partial charge in [0.15, 0.2) is 0 Å². The molecule has 0 spiro atoms. The minimum absolute atomic E-state index is 0.0252. The Kier molecular flexibility index (Phi) is 5.81. The second-order valence-electron chi connectivity index (χ2n) is 6.43. The quantitative estimate of drug-likeness (QED) is 0.736. The van der Waals surface area contributed by atoms with Gasteiger partial charge in [0.1, 0.15) is 18.5 Å². The summed E-state index contributed by atoms with van der Waals surface area (Å²) >= 11 is 5.99. The summed E-state index contributed by atoms with van der Waals surface area (Å²) in [6, 6.07) is 4.15. The number of hydrogen-bond donors (Lipinski definition) is 0. The van der Waals surface area contributed by atoms with Crippen molar-refractivity contribution in [2.24, 2.45) is 0 Å². The summed E-state index contributed by atoms with van der Waals surface area (Å²) < 4.78 is 27.6. The standard InChI is InChI=1S/C18H22ClN3O5/c1-10-6-11(2)14(12(3)7-10)26-17-21-15(19)20-16(22-17)24-8-13-9-25-18(4,23-5)27-13/h6-7,13H,8-9H2,1-5H3. The molecule has 1 saturated heterocycles. The number of rotatable bonds is 6. The molecule has 27 heavy (non-hydrogen) atoms. The largest absolute Gasteiger partial charge is 0.460 e. The van der Waals surface area contributed by atoms with Crippen molar-refractivity contribution < 1.29 is 23.7 Å². The van der Waals surface area contributed by atoms with Crippen LogP contribution < -0.4 is 9.47 Å². The molecule has 1 aromatic heterocycles. The van der Waals surface area contributed by atoms with Gasteiger partial charge >= 0.3 is 12.0 Å². The third-order valence-corrected chi connectivity index (χ3v) is 4.22. The molecule has 1 fully saturated rings. The van der Waals surface area contributed by atoms with Gasteiger partial charge in [0.2, 0.25) is 5.28 Å². The van der Waals surface area contributed by atoms with Gasteiger partial charge in [-0.25, -0.2) is 0 Å². The number of halogens is 1. The summed E-state index contributed by atoms with van der Waals surface area (Å²) in [5.41, 5.74) is 3.10. The smallest absolute Gasteiger partial charge is 0.329 e. The van der Waals surface area contributed by atoms with Crippen molar-refractivity contribution >= 4 is 11.6 Å². The number of benzene rings is 1. The van der Waals surface area contributed by atoms with Gasteiger partial charge in [-0.3, -0.25) is 0 Å². The van der Waals surface area contributed by atoms with Crippen molar-refractivity contribution in [2.45, 2.75) is 39.8 Å². The van der Waals surface area contributed by atoms with E-state index in [9.17, 15) is 0 Å². The molecular weight excluding hydrogens is 374 g/mol. The highest BCUT2D eigenvalue weighted by atomic mass is 35.5. The Morgan fingerprint density at radius 3 is 2.44 bits per heavy atom. The molecule has 8 nitrogen and oxygen atoms in total. The van der Waals surface area contributed by atoms with Gasteiger partial charge < -0.3 is 23.7 Å². The van der Waals surface area contributed by atoms with Gasteiger partial charge in [-0.1, -0.05) is 17.7 Å². The predicted octanol–water partition coefficient (Wildman–Crippen LogP) is 3.36. The average molecular weight is 396 g/mol. The Bertz CT molecular complexity index is 812. The first-order chi connectivity index (χ1) is 12.8. The lowest BCUT2D eigenvalue weighted by molar-refractivity contribution is -0.314. The zero-order valence-corrected chi connectivity index (χ0v) is 16.7. The van der Waals surface area contributed by atoms with Crippen LogP contribution in [-0.4, -0.2) is 47.4 Å². The first-order valence-corrected chi connectivity index (χ1v) is 8.83. The Hall–Kier alpha value is -2.00. The number of aromatic nitrogens is 3. The average Bonchev–Trinajstić information content (AvgIpc) is 2.98. The summed E-state index contributed by atoms with van der Waals surface area (Å²) in [5.74, 6) is -0.392. The van der Waals surface area contributed by atoms with Crippen molar-refractivity contribution in [1.29, 1.82) is 0 Å². The third-order valence-electron chi connectivity index (χ3n) is 4.05. The van der Waals surface area contributed by atoms with Crippen molar-refractivity contribution in [1.82, 2.24) is 15.0 Å². The molecule has 9 heteroatoms. The van der Waals surface area contributed by atoms with E-state index < -0.39 is 5.97 Å². The summed E-state index contributed by atoms with van der Waals surface area (Å²) in [5, 5.41) is -0.0252. The SMILES string of the molecule is COC1(C)OCC(COc2nc(Cl)nc(Oc3c(C)cc(C)cc3C)n2)O1. The molecule has 2 atom stereocenters. The molecule has 0 radical (unpaired) electrons. The monoisotopic (exact) mass is 395 g/mol. The number of hydrogen-bond acceptors (Lipinski definition) is 8. The zero-order valence-electron chi connectivity index (χ0n) is 15.9. The lowest BCUT2D eigenvalue weighted by Crippen LogP contribution is -2.30. The molecule has 2 heterocycles. The van der Waals surface area contributed by atoms with Gasteiger partial charge in [0.05, 0.1) is 6.61 Å². The first kappa shape index (κ1) is 19.8. The van der Waals surface area contributed by atoms with E-state index in [0.717, 1.165) is 16.7 Å². The van der Waals surface area contributed by atoms with E-state index in [4.69, 9.17) is 35.3 Å². The van der Waals surface area contributed by atoms with Crippen LogP contribution in [0.1, 0.15) is 23.6 Å². The van der Waals surface area contributed by atoms with E-state index in [2.05, 4.69) is 15.0 Å². The lowest BCUT2D eigenvalue weighted by atomic mass is 10.1. The first-order valence-electron chi connectivity index (χ1n) is 8.45. The second-order valence-corrected chi connectivity index (χ2v) is 6.77. The van der Waals surface area contributed by atoms with Crippen molar-refractivity contribution in [2.75, 3.05) is 20.3 Å². The van der Waals surface area contributed by atoms with Crippen LogP contribution in [0.25, 0.3) is 0 Å². The highest BCUT2D eigenvalue weighted by molar-refractivity contribution is 6.28. The Balaban J connectivity index is 1.70. The Morgan fingerprint density at radius 1 is 1.15 bits per heavy atom. The molecule has 0 N–H and O–H groups in total. The number of aryl methyl sites for hydroxylation is 3. The molecule has 0 aliphatic carbocycles. The van der Waals surface area contributed by atoms with Crippen LogP contribution in [-0.2, 0) is 14.2 Å². The summed E-state index contributed by atoms with van der Waals surface area (Å²) in [6.07, 6.45) is -0.323. The van der Waals surface area contributed by atoms with Crippen LogP contribution in [0.4, 0.5) is 0 Å². The normalized spacial score (nSPS) is 22.1. The van der Waals surface area contributed by atoms with E-state index >= 15 is 0 Å². The second kappa shape index (κ2) is 7.93. The van der Waals surface area contributed by atoms with Crippen LogP contribution in [0.2, 0.25) is 5.28 Å². The summed E-state index contributed by atoms with van der Waals surface area (Å²) in [4.78, 5) is 12.2. The van der Waals surface area contributed by atoms with E-state index in [1.807, 2.05) is 32.9 Å². The van der Waals surface area contributed by atoms with Crippen molar-refractivity contribution in [3.63, 3.8) is 0 Å². The molecule has 0 saturated carbocycles. The van der Waals surface area contributed by atoms with Crippen LogP contribution in [0.3, 0.4) is 0 Å². The lowest BCUT2D eigenvalue weighted by Gasteiger charge is -2.20. The van der Waals surface area contributed by atoms with E-state index in [1.165, 1.54) is 7.11 Å². The van der Waals surface area contributed by atoms with Crippen molar-refractivity contribution in [3.05, 3.63) is 34.1 Å². The molecule has 2 unspecified atom stereocenters. The molecule has 1 aromatic carbocycles. The summed E-state index contributed by atoms with van der Waals surface area (Å²) in [7, 11) is 1.51. The van der Waals surface area contributed by atoms with E-state index in [1.54, 1.807) is 6.92 Å². The molecule has 146 valence electrons. The number of methoxy groups -OCH3 is 1. The van der Waals surface area contributed by atoms with Gasteiger partial charge in [-0.15, -0.1) is 4.98 Å². The van der Waals surface area contributed by atoms with Crippen LogP contribution in [0.15, 0.2) is 12.1 Å². The molecule has 3 rings (SSSR count). The zero-order chi connectivity index (χ0) is 19.6. The molecule has 1 aliphatic heterocycles. The number of nitrogens with zero attached hydrogens (tertiary/aromatic N) is 3. The van der Waals surface area contributed by atoms with Crippen LogP contribution >= 0.6 is 11.6 Å². The maximum atomic E-state index is 5.99. The summed E-state index contributed by atoms with van der Waals surface area (Å²) in [6.45, 7) is 8.12. The highest BCUT2D eigenvalue weighted by Crippen LogP contribution is 2.29. The fourth-order valence-corrected chi connectivity index (χ4v) is 2.96. The fraction of sp³-hybridized carbons (Fsp3) is 0.500. The van der Waals surface area contributed by atoms with Crippen LogP contribution in [0, 0.1) is 20.8 Å². The third kappa shape index (κ3) is 4.84. The van der Waals surface area contributed by atoms with Gasteiger partial charge in [-0.2, -0.15) is 9.97 Å². The predicted molar refractivity (Wildman–Crippen MR) is 97.3 cm³/mol. The molecule has 0 amide bonds. The molecule has 1 aliphatic rings. The van der Waals surface area contributed by atoms with Gasteiger partial charge in [0, 0.05) is 14.0 Å².